The summed E-state index contributed by atoms with van der Waals surface area (Å²) in [5.74, 6) is -0.191. The molecule has 0 unspecified atom stereocenters. The Morgan fingerprint density at radius 3 is 2.07 bits per heavy atom. The zero-order valence-corrected chi connectivity index (χ0v) is 9.45. The summed E-state index contributed by atoms with van der Waals surface area (Å²) >= 11 is 0. The van der Waals surface area contributed by atoms with E-state index in [1.54, 1.807) is 13.8 Å². The molecule has 0 aromatic heterocycles. The summed E-state index contributed by atoms with van der Waals surface area (Å²) in [6.45, 7) is 3.70. The molecule has 0 bridgehead atoms. The number of hydrogen-bond acceptors (Lipinski definition) is 3. The second-order valence-electron chi connectivity index (χ2n) is 4.71. The van der Waals surface area contributed by atoms with Crippen molar-refractivity contribution in [3.63, 3.8) is 0 Å². The molecule has 0 aromatic carbocycles. The Morgan fingerprint density at radius 2 is 1.67 bits per heavy atom. The largest absolute Gasteiger partial charge is 0.390 e. The zero-order valence-electron chi connectivity index (χ0n) is 9.45. The molecular weight excluding hydrogens is 194 g/mol. The molecule has 15 heavy (non-hydrogen) atoms. The fourth-order valence-corrected chi connectivity index (χ4v) is 1.60. The molecule has 4 nitrogen and oxygen atoms in total. The van der Waals surface area contributed by atoms with E-state index in [0.29, 0.717) is 25.8 Å². The second-order valence-corrected chi connectivity index (χ2v) is 4.71. The Bertz CT molecular complexity index is 237. The third kappa shape index (κ3) is 4.00. The van der Waals surface area contributed by atoms with Gasteiger partial charge in [0.25, 0.3) is 0 Å². The SMILES string of the molecule is CC(C)(O)CCN1C(=O)CCCCC1=O. The number of amides is 2. The second kappa shape index (κ2) is 4.75. The minimum atomic E-state index is -0.827. The normalized spacial score (nSPS) is 19.3. The maximum Gasteiger partial charge on any atom is 0.229 e. The summed E-state index contributed by atoms with van der Waals surface area (Å²) in [5, 5.41) is 9.54. The Morgan fingerprint density at radius 1 is 1.20 bits per heavy atom. The molecule has 2 amide bonds. The summed E-state index contributed by atoms with van der Waals surface area (Å²) < 4.78 is 0. The molecule has 86 valence electrons. The van der Waals surface area contributed by atoms with E-state index in [1.807, 2.05) is 0 Å². The van der Waals surface area contributed by atoms with E-state index in [0.717, 1.165) is 12.8 Å². The topological polar surface area (TPSA) is 57.6 Å². The quantitative estimate of drug-likeness (QED) is 0.714. The van der Waals surface area contributed by atoms with E-state index in [9.17, 15) is 14.7 Å². The lowest BCUT2D eigenvalue weighted by molar-refractivity contribution is -0.144. The maximum atomic E-state index is 11.6. The van der Waals surface area contributed by atoms with Crippen LogP contribution in [-0.2, 0) is 9.59 Å². The van der Waals surface area contributed by atoms with Crippen molar-refractivity contribution in [2.45, 2.75) is 51.6 Å². The van der Waals surface area contributed by atoms with Crippen LogP contribution < -0.4 is 0 Å². The molecule has 0 aromatic rings. The van der Waals surface area contributed by atoms with Crippen LogP contribution in [0.3, 0.4) is 0 Å². The first-order valence-corrected chi connectivity index (χ1v) is 5.46. The third-order valence-electron chi connectivity index (χ3n) is 2.58. The number of nitrogens with zero attached hydrogens (tertiary/aromatic N) is 1. The van der Waals surface area contributed by atoms with Crippen molar-refractivity contribution in [2.75, 3.05) is 6.54 Å². The van der Waals surface area contributed by atoms with Crippen LogP contribution in [0.4, 0.5) is 0 Å². The predicted octanol–water partition coefficient (Wildman–Crippen LogP) is 1.08. The summed E-state index contributed by atoms with van der Waals surface area (Å²) in [6.07, 6.45) is 2.94. The number of likely N-dealkylation sites (tertiary alicyclic amines) is 1. The van der Waals surface area contributed by atoms with Gasteiger partial charge in [0.15, 0.2) is 0 Å². The monoisotopic (exact) mass is 213 g/mol. The smallest absolute Gasteiger partial charge is 0.229 e. The van der Waals surface area contributed by atoms with Gasteiger partial charge in [-0.25, -0.2) is 0 Å². The molecule has 0 saturated carbocycles. The lowest BCUT2D eigenvalue weighted by atomic mass is 10.1. The third-order valence-corrected chi connectivity index (χ3v) is 2.58. The highest BCUT2D eigenvalue weighted by Crippen LogP contribution is 2.15. The van der Waals surface area contributed by atoms with E-state index in [-0.39, 0.29) is 11.8 Å². The molecule has 1 rings (SSSR count). The van der Waals surface area contributed by atoms with E-state index >= 15 is 0 Å². The summed E-state index contributed by atoms with van der Waals surface area (Å²) in [7, 11) is 0. The number of aliphatic hydroxyl groups is 1. The molecule has 1 aliphatic heterocycles. The van der Waals surface area contributed by atoms with Gasteiger partial charge in [-0.1, -0.05) is 0 Å². The number of hydrogen-bond donors (Lipinski definition) is 1. The van der Waals surface area contributed by atoms with Crippen molar-refractivity contribution in [3.8, 4) is 0 Å². The van der Waals surface area contributed by atoms with Gasteiger partial charge in [-0.05, 0) is 33.1 Å². The van der Waals surface area contributed by atoms with Gasteiger partial charge in [-0.15, -0.1) is 0 Å². The van der Waals surface area contributed by atoms with Crippen molar-refractivity contribution >= 4 is 11.8 Å². The van der Waals surface area contributed by atoms with E-state index in [4.69, 9.17) is 0 Å². The molecule has 0 radical (unpaired) electrons. The minimum Gasteiger partial charge on any atom is -0.390 e. The summed E-state index contributed by atoms with van der Waals surface area (Å²) in [4.78, 5) is 24.4. The van der Waals surface area contributed by atoms with E-state index < -0.39 is 5.60 Å². The molecule has 1 heterocycles. The molecule has 1 N–H and O–H groups in total. The maximum absolute atomic E-state index is 11.6. The van der Waals surface area contributed by atoms with Crippen LogP contribution in [0.5, 0.6) is 0 Å². The highest BCUT2D eigenvalue weighted by Gasteiger charge is 2.25. The van der Waals surface area contributed by atoms with Crippen LogP contribution in [0.15, 0.2) is 0 Å². The Balaban J connectivity index is 2.56. The molecule has 0 atom stereocenters. The number of carbonyl (C=O) groups is 2. The van der Waals surface area contributed by atoms with Gasteiger partial charge in [-0.2, -0.15) is 0 Å². The Kier molecular flexibility index (Phi) is 3.85. The lowest BCUT2D eigenvalue weighted by Crippen LogP contribution is -2.38. The minimum absolute atomic E-state index is 0.0956. The standard InChI is InChI=1S/C11H19NO3/c1-11(2,15)7-8-12-9(13)5-3-4-6-10(12)14/h15H,3-8H2,1-2H3. The van der Waals surface area contributed by atoms with E-state index in [1.165, 1.54) is 4.90 Å². The van der Waals surface area contributed by atoms with E-state index in [2.05, 4.69) is 0 Å². The summed E-state index contributed by atoms with van der Waals surface area (Å²) in [6, 6.07) is 0. The number of imide groups is 1. The molecule has 1 fully saturated rings. The van der Waals surface area contributed by atoms with Crippen molar-refractivity contribution in [1.29, 1.82) is 0 Å². The van der Waals surface area contributed by atoms with Crippen LogP contribution in [0.2, 0.25) is 0 Å². The van der Waals surface area contributed by atoms with Crippen LogP contribution in [0.1, 0.15) is 46.0 Å². The van der Waals surface area contributed by atoms with Crippen LogP contribution in [0, 0.1) is 0 Å². The Hall–Kier alpha value is -0.900. The van der Waals surface area contributed by atoms with Crippen molar-refractivity contribution in [1.82, 2.24) is 4.90 Å². The fraction of sp³-hybridized carbons (Fsp3) is 0.818. The molecule has 0 aliphatic carbocycles. The van der Waals surface area contributed by atoms with Gasteiger partial charge in [0, 0.05) is 19.4 Å². The van der Waals surface area contributed by atoms with Crippen molar-refractivity contribution < 1.29 is 14.7 Å². The van der Waals surface area contributed by atoms with Gasteiger partial charge < -0.3 is 5.11 Å². The van der Waals surface area contributed by atoms with Gasteiger partial charge >= 0.3 is 0 Å². The zero-order chi connectivity index (χ0) is 11.5. The average Bonchev–Trinajstić information content (AvgIpc) is 2.24. The van der Waals surface area contributed by atoms with Gasteiger partial charge in [0.2, 0.25) is 11.8 Å². The molecular formula is C11H19NO3. The summed E-state index contributed by atoms with van der Waals surface area (Å²) in [5.41, 5.74) is -0.827. The molecule has 1 saturated heterocycles. The van der Waals surface area contributed by atoms with Crippen LogP contribution in [-0.4, -0.2) is 34.0 Å². The molecule has 4 heteroatoms. The first-order chi connectivity index (χ1) is 6.90. The van der Waals surface area contributed by atoms with Crippen molar-refractivity contribution in [3.05, 3.63) is 0 Å². The molecule has 1 aliphatic rings. The molecule has 0 spiro atoms. The Labute approximate surface area is 90.3 Å². The van der Waals surface area contributed by atoms with Crippen LogP contribution in [0.25, 0.3) is 0 Å². The highest BCUT2D eigenvalue weighted by molar-refractivity contribution is 5.95. The van der Waals surface area contributed by atoms with Gasteiger partial charge in [0.05, 0.1) is 5.60 Å². The fourth-order valence-electron chi connectivity index (χ4n) is 1.60. The average molecular weight is 213 g/mol. The van der Waals surface area contributed by atoms with Gasteiger partial charge in [0.1, 0.15) is 0 Å². The highest BCUT2D eigenvalue weighted by atomic mass is 16.3. The number of carbonyl (C=O) groups excluding carboxylic acids is 2. The predicted molar refractivity (Wildman–Crippen MR) is 56.1 cm³/mol. The first-order valence-electron chi connectivity index (χ1n) is 5.46. The number of rotatable bonds is 3. The lowest BCUT2D eigenvalue weighted by Gasteiger charge is -2.23. The van der Waals surface area contributed by atoms with Crippen LogP contribution >= 0.6 is 0 Å². The van der Waals surface area contributed by atoms with Crippen molar-refractivity contribution in [2.24, 2.45) is 0 Å². The first kappa shape index (κ1) is 12.2. The van der Waals surface area contributed by atoms with Gasteiger partial charge in [-0.3, -0.25) is 14.5 Å².